The second kappa shape index (κ2) is 7.31. The number of rotatable bonds is 7. The molecule has 0 bridgehead atoms. The second-order valence-corrected chi connectivity index (χ2v) is 6.95. The highest BCUT2D eigenvalue weighted by Crippen LogP contribution is 2.29. The average molecular weight is 285 g/mol. The molecule has 1 heterocycles. The Morgan fingerprint density at radius 3 is 2.47 bits per heavy atom. The Labute approximate surface area is 121 Å². The maximum atomic E-state index is 9.65. The third-order valence-corrected chi connectivity index (χ3v) is 4.62. The fourth-order valence-corrected chi connectivity index (χ4v) is 2.90. The van der Waals surface area contributed by atoms with Crippen molar-refractivity contribution in [2.75, 3.05) is 6.54 Å². The summed E-state index contributed by atoms with van der Waals surface area (Å²) in [6.45, 7) is 12.2. The lowest BCUT2D eigenvalue weighted by atomic mass is 10.2. The van der Waals surface area contributed by atoms with Gasteiger partial charge >= 0.3 is 0 Å². The summed E-state index contributed by atoms with van der Waals surface area (Å²) >= 11 is 1.70. The van der Waals surface area contributed by atoms with Gasteiger partial charge in [0, 0.05) is 24.4 Å². The number of hydrogen-bond acceptors (Lipinski definition) is 4. The normalized spacial score (nSPS) is 14.9. The van der Waals surface area contributed by atoms with Crippen LogP contribution >= 0.6 is 11.8 Å². The van der Waals surface area contributed by atoms with Crippen LogP contribution in [-0.2, 0) is 13.6 Å². The van der Waals surface area contributed by atoms with Crippen molar-refractivity contribution in [3.63, 3.8) is 0 Å². The van der Waals surface area contributed by atoms with Crippen LogP contribution in [0.2, 0.25) is 0 Å². The summed E-state index contributed by atoms with van der Waals surface area (Å²) in [4.78, 5) is 0. The topological polar surface area (TPSA) is 50.1 Å². The molecule has 0 amide bonds. The summed E-state index contributed by atoms with van der Waals surface area (Å²) in [5.41, 5.74) is 2.32. The highest BCUT2D eigenvalue weighted by molar-refractivity contribution is 8.00. The SMILES string of the molecule is Cc1nn(C)c(SC(C)C(C)O)c1CNCC(C)C. The number of aliphatic hydroxyl groups excluding tert-OH is 1. The third-order valence-electron chi connectivity index (χ3n) is 3.12. The Balaban J connectivity index is 2.79. The molecule has 2 unspecified atom stereocenters. The average Bonchev–Trinajstić information content (AvgIpc) is 2.55. The number of nitrogens with zero attached hydrogens (tertiary/aromatic N) is 2. The molecule has 0 saturated heterocycles. The van der Waals surface area contributed by atoms with Crippen LogP contribution in [0.4, 0.5) is 0 Å². The third kappa shape index (κ3) is 4.82. The molecule has 2 atom stereocenters. The van der Waals surface area contributed by atoms with Gasteiger partial charge in [0.05, 0.1) is 16.8 Å². The van der Waals surface area contributed by atoms with Gasteiger partial charge in [0.2, 0.25) is 0 Å². The molecule has 110 valence electrons. The van der Waals surface area contributed by atoms with E-state index in [2.05, 4.69) is 24.3 Å². The molecule has 0 saturated carbocycles. The van der Waals surface area contributed by atoms with Gasteiger partial charge in [0.25, 0.3) is 0 Å². The second-order valence-electron chi connectivity index (χ2n) is 5.58. The first-order valence-corrected chi connectivity index (χ1v) is 7.78. The first-order valence-electron chi connectivity index (χ1n) is 6.90. The number of hydrogen-bond donors (Lipinski definition) is 2. The van der Waals surface area contributed by atoms with Crippen LogP contribution in [0.5, 0.6) is 0 Å². The molecule has 0 radical (unpaired) electrons. The van der Waals surface area contributed by atoms with Crippen molar-refractivity contribution in [1.29, 1.82) is 0 Å². The Morgan fingerprint density at radius 1 is 1.32 bits per heavy atom. The smallest absolute Gasteiger partial charge is 0.0987 e. The fourth-order valence-electron chi connectivity index (χ4n) is 1.79. The molecule has 0 spiro atoms. The van der Waals surface area contributed by atoms with Crippen LogP contribution < -0.4 is 5.32 Å². The maximum absolute atomic E-state index is 9.65. The minimum Gasteiger partial charge on any atom is -0.392 e. The molecular weight excluding hydrogens is 258 g/mol. The van der Waals surface area contributed by atoms with E-state index in [1.165, 1.54) is 5.56 Å². The number of thioether (sulfide) groups is 1. The number of aliphatic hydroxyl groups is 1. The molecule has 2 N–H and O–H groups in total. The van der Waals surface area contributed by atoms with E-state index >= 15 is 0 Å². The summed E-state index contributed by atoms with van der Waals surface area (Å²) in [5.74, 6) is 0.643. The van der Waals surface area contributed by atoms with Gasteiger partial charge in [-0.15, -0.1) is 11.8 Å². The Morgan fingerprint density at radius 2 is 1.95 bits per heavy atom. The van der Waals surface area contributed by atoms with E-state index in [0.29, 0.717) is 5.92 Å². The minimum absolute atomic E-state index is 0.165. The van der Waals surface area contributed by atoms with Gasteiger partial charge in [-0.3, -0.25) is 4.68 Å². The van der Waals surface area contributed by atoms with Crippen molar-refractivity contribution >= 4 is 11.8 Å². The van der Waals surface area contributed by atoms with Gasteiger partial charge in [0.15, 0.2) is 0 Å². The maximum Gasteiger partial charge on any atom is 0.0987 e. The van der Waals surface area contributed by atoms with Gasteiger partial charge in [-0.2, -0.15) is 5.10 Å². The molecule has 5 heteroatoms. The van der Waals surface area contributed by atoms with Crippen molar-refractivity contribution < 1.29 is 5.11 Å². The van der Waals surface area contributed by atoms with Crippen LogP contribution in [0.3, 0.4) is 0 Å². The zero-order valence-corrected chi connectivity index (χ0v) is 13.7. The van der Waals surface area contributed by atoms with Gasteiger partial charge in [0.1, 0.15) is 0 Å². The molecule has 0 fully saturated rings. The van der Waals surface area contributed by atoms with Gasteiger partial charge in [-0.1, -0.05) is 20.8 Å². The predicted molar refractivity (Wildman–Crippen MR) is 81.5 cm³/mol. The summed E-state index contributed by atoms with van der Waals surface area (Å²) in [7, 11) is 1.97. The van der Waals surface area contributed by atoms with E-state index in [-0.39, 0.29) is 11.4 Å². The van der Waals surface area contributed by atoms with Crippen molar-refractivity contribution in [1.82, 2.24) is 15.1 Å². The Bertz CT molecular complexity index is 402. The Kier molecular flexibility index (Phi) is 6.36. The molecule has 0 aliphatic heterocycles. The fraction of sp³-hybridized carbons (Fsp3) is 0.786. The Hall–Kier alpha value is -0.520. The molecule has 4 nitrogen and oxygen atoms in total. The highest BCUT2D eigenvalue weighted by atomic mass is 32.2. The lowest BCUT2D eigenvalue weighted by molar-refractivity contribution is 0.196. The molecule has 0 aromatic carbocycles. The van der Waals surface area contributed by atoms with Crippen molar-refractivity contribution in [3.05, 3.63) is 11.3 Å². The summed E-state index contributed by atoms with van der Waals surface area (Å²) in [5, 5.41) is 18.9. The molecule has 1 rings (SSSR count). The minimum atomic E-state index is -0.323. The van der Waals surface area contributed by atoms with E-state index in [9.17, 15) is 5.11 Å². The van der Waals surface area contributed by atoms with E-state index in [1.54, 1.807) is 11.8 Å². The van der Waals surface area contributed by atoms with Crippen LogP contribution in [0, 0.1) is 12.8 Å². The van der Waals surface area contributed by atoms with E-state index < -0.39 is 0 Å². The highest BCUT2D eigenvalue weighted by Gasteiger charge is 2.18. The first kappa shape index (κ1) is 16.5. The van der Waals surface area contributed by atoms with Crippen LogP contribution in [0.25, 0.3) is 0 Å². The molecule has 0 aliphatic rings. The van der Waals surface area contributed by atoms with Crippen molar-refractivity contribution in [2.24, 2.45) is 13.0 Å². The number of aryl methyl sites for hydroxylation is 2. The summed E-state index contributed by atoms with van der Waals surface area (Å²) in [6.07, 6.45) is -0.323. The van der Waals surface area contributed by atoms with Gasteiger partial charge < -0.3 is 10.4 Å². The zero-order valence-electron chi connectivity index (χ0n) is 12.9. The van der Waals surface area contributed by atoms with Gasteiger partial charge in [-0.05, 0) is 26.3 Å². The number of nitrogens with one attached hydrogen (secondary N) is 1. The van der Waals surface area contributed by atoms with Crippen LogP contribution in [0.1, 0.15) is 39.0 Å². The lowest BCUT2D eigenvalue weighted by Gasteiger charge is -2.16. The van der Waals surface area contributed by atoms with Crippen LogP contribution in [-0.4, -0.2) is 32.8 Å². The monoisotopic (exact) mass is 285 g/mol. The standard InChI is InChI=1S/C14H27N3OS/c1-9(2)7-15-8-13-10(3)16-17(6)14(13)19-12(5)11(4)18/h9,11-12,15,18H,7-8H2,1-6H3. The number of aromatic nitrogens is 2. The predicted octanol–water partition coefficient (Wildman–Crippen LogP) is 2.34. The van der Waals surface area contributed by atoms with Gasteiger partial charge in [-0.25, -0.2) is 0 Å². The summed E-state index contributed by atoms with van der Waals surface area (Å²) in [6, 6.07) is 0. The largest absolute Gasteiger partial charge is 0.392 e. The molecule has 1 aromatic heterocycles. The zero-order chi connectivity index (χ0) is 14.6. The molecular formula is C14H27N3OS. The molecule has 1 aromatic rings. The quantitative estimate of drug-likeness (QED) is 0.755. The van der Waals surface area contributed by atoms with E-state index in [1.807, 2.05) is 32.5 Å². The first-order chi connectivity index (χ1) is 8.82. The lowest BCUT2D eigenvalue weighted by Crippen LogP contribution is -2.20. The molecule has 19 heavy (non-hydrogen) atoms. The van der Waals surface area contributed by atoms with E-state index in [0.717, 1.165) is 23.8 Å². The van der Waals surface area contributed by atoms with Crippen molar-refractivity contribution in [3.8, 4) is 0 Å². The summed E-state index contributed by atoms with van der Waals surface area (Å²) < 4.78 is 1.92. The molecule has 0 aliphatic carbocycles. The van der Waals surface area contributed by atoms with Crippen molar-refractivity contribution in [2.45, 2.75) is 57.5 Å². The van der Waals surface area contributed by atoms with E-state index in [4.69, 9.17) is 0 Å². The van der Waals surface area contributed by atoms with Crippen LogP contribution in [0.15, 0.2) is 5.03 Å².